The summed E-state index contributed by atoms with van der Waals surface area (Å²) in [5.74, 6) is 0.702. The lowest BCUT2D eigenvalue weighted by Gasteiger charge is -2.44. The first-order chi connectivity index (χ1) is 26.2. The van der Waals surface area contributed by atoms with Crippen molar-refractivity contribution in [1.82, 2.24) is 35.4 Å². The molecule has 0 spiro atoms. The van der Waals surface area contributed by atoms with Crippen LogP contribution in [0.3, 0.4) is 0 Å². The Hall–Kier alpha value is -3.63. The Kier molecular flexibility index (Phi) is 15.1. The molecule has 2 N–H and O–H groups in total. The number of fused-ring (bicyclic) bond motifs is 2. The highest BCUT2D eigenvalue weighted by Crippen LogP contribution is 2.34. The van der Waals surface area contributed by atoms with Crippen LogP contribution in [0.15, 0.2) is 17.8 Å². The van der Waals surface area contributed by atoms with E-state index in [0.29, 0.717) is 23.2 Å². The number of carbonyl (C=O) groups is 5. The van der Waals surface area contributed by atoms with Crippen molar-refractivity contribution in [3.63, 3.8) is 0 Å². The molecule has 5 rings (SSSR count). The Morgan fingerprint density at radius 1 is 1.04 bits per heavy atom. The molecule has 3 aliphatic rings. The van der Waals surface area contributed by atoms with E-state index in [1.807, 2.05) is 20.8 Å². The lowest BCUT2D eigenvalue weighted by molar-refractivity contribution is -0.149. The number of methoxy groups -OCH3 is 1. The number of rotatable bonds is 17. The number of hydrogen-bond donors (Lipinski definition) is 2. The maximum absolute atomic E-state index is 14.4. The molecule has 2 bridgehead atoms. The molecule has 0 saturated carbocycles. The predicted molar refractivity (Wildman–Crippen MR) is 210 cm³/mol. The van der Waals surface area contributed by atoms with Gasteiger partial charge in [-0.2, -0.15) is 11.8 Å². The largest absolute Gasteiger partial charge is 0.469 e. The van der Waals surface area contributed by atoms with E-state index in [4.69, 9.17) is 9.47 Å². The fourth-order valence-corrected chi connectivity index (χ4v) is 9.64. The zero-order valence-electron chi connectivity index (χ0n) is 33.1. The smallest absolute Gasteiger partial charge is 0.308 e. The molecular formula is C39H57N7O7S2. The topological polar surface area (TPSA) is 173 Å². The number of nitrogens with zero attached hydrogens (tertiary/aromatic N) is 5. The van der Waals surface area contributed by atoms with Gasteiger partial charge in [0.25, 0.3) is 5.91 Å². The summed E-state index contributed by atoms with van der Waals surface area (Å²) in [4.78, 5) is 83.8. The quantitative estimate of drug-likeness (QED) is 0.221. The Labute approximate surface area is 332 Å². The van der Waals surface area contributed by atoms with Crippen LogP contribution >= 0.6 is 23.1 Å². The molecule has 8 atom stereocenters. The molecule has 5 heterocycles. The van der Waals surface area contributed by atoms with Gasteiger partial charge in [0.15, 0.2) is 6.10 Å². The third-order valence-corrected chi connectivity index (χ3v) is 13.4. The molecule has 16 heteroatoms. The molecule has 302 valence electrons. The van der Waals surface area contributed by atoms with E-state index in [1.54, 1.807) is 48.4 Å². The fraction of sp³-hybridized carbons (Fsp3) is 0.692. The van der Waals surface area contributed by atoms with Gasteiger partial charge in [0.1, 0.15) is 22.6 Å². The van der Waals surface area contributed by atoms with Crippen LogP contribution in [0.1, 0.15) is 99.2 Å². The maximum Gasteiger partial charge on any atom is 0.308 e. The predicted octanol–water partition coefficient (Wildman–Crippen LogP) is 3.98. The van der Waals surface area contributed by atoms with Crippen LogP contribution in [0.25, 0.3) is 0 Å². The highest BCUT2D eigenvalue weighted by atomic mass is 32.2. The van der Waals surface area contributed by atoms with Gasteiger partial charge in [0.05, 0.1) is 19.1 Å². The first-order valence-electron chi connectivity index (χ1n) is 19.4. The minimum absolute atomic E-state index is 0.0352. The summed E-state index contributed by atoms with van der Waals surface area (Å²) in [6.07, 6.45) is 7.57. The van der Waals surface area contributed by atoms with E-state index in [1.165, 1.54) is 31.8 Å². The molecule has 14 nitrogen and oxygen atoms in total. The van der Waals surface area contributed by atoms with Crippen LogP contribution in [0.2, 0.25) is 0 Å². The summed E-state index contributed by atoms with van der Waals surface area (Å²) in [7, 11) is 3.08. The summed E-state index contributed by atoms with van der Waals surface area (Å²) in [6.45, 7) is 10.8. The number of thioether (sulfide) groups is 1. The van der Waals surface area contributed by atoms with Gasteiger partial charge in [-0.05, 0) is 74.5 Å². The minimum atomic E-state index is -0.829. The molecule has 55 heavy (non-hydrogen) atoms. The van der Waals surface area contributed by atoms with E-state index in [2.05, 4.69) is 30.5 Å². The van der Waals surface area contributed by atoms with Gasteiger partial charge in [-0.3, -0.25) is 28.9 Å². The Morgan fingerprint density at radius 2 is 1.76 bits per heavy atom. The highest BCUT2D eigenvalue weighted by molar-refractivity contribution is 8.00. The van der Waals surface area contributed by atoms with Crippen molar-refractivity contribution in [2.75, 3.05) is 38.8 Å². The molecule has 2 aromatic heterocycles. The zero-order valence-corrected chi connectivity index (χ0v) is 34.7. The average Bonchev–Trinajstić information content (AvgIpc) is 3.63. The van der Waals surface area contributed by atoms with Crippen molar-refractivity contribution in [2.45, 2.75) is 110 Å². The number of esters is 2. The van der Waals surface area contributed by atoms with Gasteiger partial charge >= 0.3 is 11.9 Å². The second-order valence-electron chi connectivity index (χ2n) is 15.8. The van der Waals surface area contributed by atoms with Crippen molar-refractivity contribution >= 4 is 52.8 Å². The molecule has 2 unspecified atom stereocenters. The monoisotopic (exact) mass is 799 g/mol. The second kappa shape index (κ2) is 19.5. The number of thiazole rings is 1. The van der Waals surface area contributed by atoms with Crippen molar-refractivity contribution in [1.29, 1.82) is 0 Å². The number of likely N-dealkylation sites (N-methyl/N-ethyl adjacent to an activating group) is 1. The van der Waals surface area contributed by atoms with Crippen LogP contribution in [-0.2, 0) is 35.1 Å². The van der Waals surface area contributed by atoms with E-state index >= 15 is 0 Å². The van der Waals surface area contributed by atoms with Crippen LogP contribution in [0, 0.1) is 30.6 Å². The molecule has 3 aliphatic heterocycles. The first kappa shape index (κ1) is 42.5. The van der Waals surface area contributed by atoms with Gasteiger partial charge in [-0.1, -0.05) is 20.8 Å². The normalized spacial score (nSPS) is 22.3. The maximum atomic E-state index is 14.4. The second-order valence-corrected chi connectivity index (χ2v) is 17.7. The lowest BCUT2D eigenvalue weighted by atomic mass is 9.85. The molecule has 3 fully saturated rings. The molecule has 0 aliphatic carbocycles. The number of ether oxygens (including phenoxy) is 2. The zero-order chi connectivity index (χ0) is 39.8. The number of piperidine rings is 2. The summed E-state index contributed by atoms with van der Waals surface area (Å²) >= 11 is 2.96. The van der Waals surface area contributed by atoms with Crippen molar-refractivity contribution in [2.24, 2.45) is 23.7 Å². The standard InChI is InChI=1S/C39H57N7O7S2/c1-22(2)31(45(6)38(50)34(27-19-54-20-27)44-36(49)30-11-10-26-9-8-12-46(30)18-26)15-32(53-25(5)47)37-43-29(21-55-37)35(48)42-28(13-24(4)39(51)52-7)14-33-40-16-23(3)17-41-33/h16-17,21-22,24,26-28,30-32,34H,8-15,18-20H2,1-7H3,(H,42,48)(H,44,49)/t24-,26?,28+,30+,31+,32+,34-/m0/s1. The van der Waals surface area contributed by atoms with Crippen LogP contribution in [0.5, 0.6) is 0 Å². The number of aryl methyl sites for hydroxylation is 1. The Morgan fingerprint density at radius 3 is 2.40 bits per heavy atom. The summed E-state index contributed by atoms with van der Waals surface area (Å²) in [5, 5.41) is 8.22. The molecule has 0 aromatic carbocycles. The van der Waals surface area contributed by atoms with Crippen LogP contribution in [0.4, 0.5) is 0 Å². The molecule has 0 radical (unpaired) electrons. The highest BCUT2D eigenvalue weighted by Gasteiger charge is 2.42. The van der Waals surface area contributed by atoms with Gasteiger partial charge in [-0.25, -0.2) is 15.0 Å². The Balaban J connectivity index is 1.29. The average molecular weight is 800 g/mol. The first-order valence-corrected chi connectivity index (χ1v) is 21.4. The molecular weight excluding hydrogens is 743 g/mol. The van der Waals surface area contributed by atoms with Crippen LogP contribution in [-0.4, -0.2) is 117 Å². The Bertz CT molecular complexity index is 1650. The minimum Gasteiger partial charge on any atom is -0.469 e. The molecule has 2 aromatic rings. The van der Waals surface area contributed by atoms with E-state index in [-0.39, 0.29) is 54.3 Å². The number of carbonyl (C=O) groups excluding carboxylic acids is 5. The van der Waals surface area contributed by atoms with Crippen molar-refractivity contribution in [3.05, 3.63) is 39.9 Å². The van der Waals surface area contributed by atoms with Crippen molar-refractivity contribution < 1.29 is 33.4 Å². The van der Waals surface area contributed by atoms with Crippen molar-refractivity contribution in [3.8, 4) is 0 Å². The lowest BCUT2D eigenvalue weighted by Crippen LogP contribution is -2.61. The van der Waals surface area contributed by atoms with E-state index < -0.39 is 42.0 Å². The molecule has 3 amide bonds. The van der Waals surface area contributed by atoms with E-state index in [0.717, 1.165) is 49.4 Å². The summed E-state index contributed by atoms with van der Waals surface area (Å²) < 4.78 is 10.7. The third-order valence-electron chi connectivity index (χ3n) is 11.1. The number of hydrogen-bond acceptors (Lipinski definition) is 13. The SMILES string of the molecule is COC(=O)[C@@H](C)C[C@H](Cc1ncc(C)cn1)NC(=O)c1csc([C@@H](C[C@H](C(C)C)N(C)C(=O)[C@@H](NC(=O)[C@H]2CCC3CCCN2C3)C2CSC2)OC(C)=O)n1. The number of nitrogens with one attached hydrogen (secondary N) is 2. The van der Waals surface area contributed by atoms with Crippen LogP contribution < -0.4 is 10.6 Å². The van der Waals surface area contributed by atoms with Gasteiger partial charge in [0, 0.05) is 69.1 Å². The molecule has 3 saturated heterocycles. The van der Waals surface area contributed by atoms with Gasteiger partial charge in [0.2, 0.25) is 11.8 Å². The number of aromatic nitrogens is 3. The summed E-state index contributed by atoms with van der Waals surface area (Å²) in [6, 6.07) is -1.73. The van der Waals surface area contributed by atoms with E-state index in [9.17, 15) is 24.0 Å². The fourth-order valence-electron chi connectivity index (χ4n) is 7.91. The third kappa shape index (κ3) is 11.2. The summed E-state index contributed by atoms with van der Waals surface area (Å²) in [5.41, 5.74) is 1.04. The number of amides is 3. The van der Waals surface area contributed by atoms with Gasteiger partial charge < -0.3 is 25.0 Å². The van der Waals surface area contributed by atoms with Gasteiger partial charge in [-0.15, -0.1) is 11.3 Å².